The normalized spacial score (nSPS) is 37.4. The second kappa shape index (κ2) is 5.31. The molecule has 0 aromatic heterocycles. The lowest BCUT2D eigenvalue weighted by Gasteiger charge is -2.36. The quantitative estimate of drug-likeness (QED) is 0.746. The third-order valence-electron chi connectivity index (χ3n) is 4.19. The Morgan fingerprint density at radius 2 is 1.93 bits per heavy atom. The third-order valence-corrected chi connectivity index (χ3v) is 4.19. The Kier molecular flexibility index (Phi) is 4.04. The first kappa shape index (κ1) is 11.4. The zero-order chi connectivity index (χ0) is 10.7. The van der Waals surface area contributed by atoms with Crippen molar-refractivity contribution in [3.05, 3.63) is 0 Å². The maximum atomic E-state index is 3.89. The fraction of sp³-hybridized carbons (Fsp3) is 1.00. The van der Waals surface area contributed by atoms with Gasteiger partial charge in [-0.05, 0) is 37.6 Å². The van der Waals surface area contributed by atoms with Gasteiger partial charge in [0.05, 0.1) is 0 Å². The summed E-state index contributed by atoms with van der Waals surface area (Å²) in [5.74, 6) is 1.76. The fourth-order valence-corrected chi connectivity index (χ4v) is 3.26. The molecule has 1 aliphatic heterocycles. The van der Waals surface area contributed by atoms with Crippen molar-refractivity contribution in [2.45, 2.75) is 58.0 Å². The molecule has 3 atom stereocenters. The van der Waals surface area contributed by atoms with Crippen LogP contribution in [0.2, 0.25) is 0 Å². The van der Waals surface area contributed by atoms with Gasteiger partial charge in [0, 0.05) is 18.6 Å². The van der Waals surface area contributed by atoms with E-state index in [-0.39, 0.29) is 0 Å². The highest BCUT2D eigenvalue weighted by Crippen LogP contribution is 2.30. The van der Waals surface area contributed by atoms with Gasteiger partial charge in [-0.25, -0.2) is 0 Å². The summed E-state index contributed by atoms with van der Waals surface area (Å²) in [4.78, 5) is 0. The minimum atomic E-state index is 0.745. The van der Waals surface area contributed by atoms with Crippen LogP contribution in [0, 0.1) is 11.8 Å². The molecule has 2 fully saturated rings. The summed E-state index contributed by atoms with van der Waals surface area (Å²) in [6.07, 6.45) is 7.04. The summed E-state index contributed by atoms with van der Waals surface area (Å²) >= 11 is 0. The van der Waals surface area contributed by atoms with E-state index in [0.29, 0.717) is 0 Å². The van der Waals surface area contributed by atoms with Crippen LogP contribution in [0.4, 0.5) is 0 Å². The molecule has 1 saturated carbocycles. The van der Waals surface area contributed by atoms with Gasteiger partial charge in [-0.3, -0.25) is 0 Å². The van der Waals surface area contributed by atoms with Crippen LogP contribution < -0.4 is 10.6 Å². The standard InChI is InChI=1S/C13H26N2/c1-10(2)12-5-3-4-6-13(12)15-11-7-8-14-9-11/h10-15H,3-9H2,1-2H3. The number of nitrogens with one attached hydrogen (secondary N) is 2. The van der Waals surface area contributed by atoms with E-state index in [1.807, 2.05) is 0 Å². The topological polar surface area (TPSA) is 24.1 Å². The van der Waals surface area contributed by atoms with E-state index in [1.54, 1.807) is 0 Å². The fourth-order valence-electron chi connectivity index (χ4n) is 3.26. The predicted octanol–water partition coefficient (Wildman–Crippen LogP) is 2.15. The molecular weight excluding hydrogens is 184 g/mol. The van der Waals surface area contributed by atoms with E-state index in [9.17, 15) is 0 Å². The second-order valence-electron chi connectivity index (χ2n) is 5.66. The van der Waals surface area contributed by atoms with E-state index >= 15 is 0 Å². The molecule has 1 aliphatic carbocycles. The Morgan fingerprint density at radius 3 is 2.60 bits per heavy atom. The van der Waals surface area contributed by atoms with Crippen molar-refractivity contribution in [3.63, 3.8) is 0 Å². The van der Waals surface area contributed by atoms with Gasteiger partial charge >= 0.3 is 0 Å². The van der Waals surface area contributed by atoms with Gasteiger partial charge < -0.3 is 10.6 Å². The van der Waals surface area contributed by atoms with Gasteiger partial charge in [0.1, 0.15) is 0 Å². The summed E-state index contributed by atoms with van der Waals surface area (Å²) in [5, 5.41) is 7.33. The summed E-state index contributed by atoms with van der Waals surface area (Å²) in [5.41, 5.74) is 0. The SMILES string of the molecule is CC(C)C1CCCCC1NC1CCNC1. The molecule has 2 nitrogen and oxygen atoms in total. The molecule has 2 N–H and O–H groups in total. The van der Waals surface area contributed by atoms with E-state index in [1.165, 1.54) is 45.2 Å². The summed E-state index contributed by atoms with van der Waals surface area (Å²) in [6, 6.07) is 1.54. The zero-order valence-corrected chi connectivity index (χ0v) is 10.3. The first-order valence-corrected chi connectivity index (χ1v) is 6.74. The summed E-state index contributed by atoms with van der Waals surface area (Å²) < 4.78 is 0. The smallest absolute Gasteiger partial charge is 0.0207 e. The maximum absolute atomic E-state index is 3.89. The Balaban J connectivity index is 1.86. The average molecular weight is 210 g/mol. The van der Waals surface area contributed by atoms with Gasteiger partial charge in [-0.1, -0.05) is 26.7 Å². The van der Waals surface area contributed by atoms with Gasteiger partial charge in [0.15, 0.2) is 0 Å². The van der Waals surface area contributed by atoms with Crippen molar-refractivity contribution in [1.29, 1.82) is 0 Å². The van der Waals surface area contributed by atoms with Crippen molar-refractivity contribution in [3.8, 4) is 0 Å². The Morgan fingerprint density at radius 1 is 1.13 bits per heavy atom. The van der Waals surface area contributed by atoms with Gasteiger partial charge in [0.25, 0.3) is 0 Å². The highest BCUT2D eigenvalue weighted by molar-refractivity contribution is 4.88. The van der Waals surface area contributed by atoms with Crippen LogP contribution in [0.3, 0.4) is 0 Å². The molecule has 1 heterocycles. The van der Waals surface area contributed by atoms with E-state index in [0.717, 1.165) is 23.9 Å². The summed E-state index contributed by atoms with van der Waals surface area (Å²) in [7, 11) is 0. The molecule has 0 spiro atoms. The molecule has 88 valence electrons. The van der Waals surface area contributed by atoms with Gasteiger partial charge in [-0.2, -0.15) is 0 Å². The van der Waals surface area contributed by atoms with E-state index in [4.69, 9.17) is 0 Å². The molecular formula is C13H26N2. The molecule has 0 aromatic rings. The molecule has 0 aromatic carbocycles. The Bertz CT molecular complexity index is 185. The minimum Gasteiger partial charge on any atom is -0.315 e. The van der Waals surface area contributed by atoms with Crippen LogP contribution in [0.1, 0.15) is 46.0 Å². The number of rotatable bonds is 3. The van der Waals surface area contributed by atoms with Crippen LogP contribution in [0.5, 0.6) is 0 Å². The molecule has 1 saturated heterocycles. The van der Waals surface area contributed by atoms with Crippen LogP contribution in [0.25, 0.3) is 0 Å². The average Bonchev–Trinajstić information content (AvgIpc) is 2.71. The van der Waals surface area contributed by atoms with E-state index < -0.39 is 0 Å². The van der Waals surface area contributed by atoms with Crippen molar-refractivity contribution in [2.75, 3.05) is 13.1 Å². The Labute approximate surface area is 94.2 Å². The van der Waals surface area contributed by atoms with Crippen molar-refractivity contribution < 1.29 is 0 Å². The number of hydrogen-bond acceptors (Lipinski definition) is 2. The number of hydrogen-bond donors (Lipinski definition) is 2. The monoisotopic (exact) mass is 210 g/mol. The lowest BCUT2D eigenvalue weighted by atomic mass is 9.77. The van der Waals surface area contributed by atoms with Crippen molar-refractivity contribution >= 4 is 0 Å². The molecule has 0 bridgehead atoms. The minimum absolute atomic E-state index is 0.745. The Hall–Kier alpha value is -0.0800. The molecule has 2 aliphatic rings. The van der Waals surface area contributed by atoms with Crippen LogP contribution >= 0.6 is 0 Å². The zero-order valence-electron chi connectivity index (χ0n) is 10.3. The molecule has 0 radical (unpaired) electrons. The molecule has 2 heteroatoms. The first-order valence-electron chi connectivity index (χ1n) is 6.74. The second-order valence-corrected chi connectivity index (χ2v) is 5.66. The van der Waals surface area contributed by atoms with Gasteiger partial charge in [-0.15, -0.1) is 0 Å². The van der Waals surface area contributed by atoms with Crippen LogP contribution in [-0.4, -0.2) is 25.2 Å². The van der Waals surface area contributed by atoms with Crippen molar-refractivity contribution in [2.24, 2.45) is 11.8 Å². The molecule has 15 heavy (non-hydrogen) atoms. The molecule has 3 unspecified atom stereocenters. The van der Waals surface area contributed by atoms with Gasteiger partial charge in [0.2, 0.25) is 0 Å². The molecule has 2 rings (SSSR count). The molecule has 0 amide bonds. The maximum Gasteiger partial charge on any atom is 0.0207 e. The van der Waals surface area contributed by atoms with Crippen molar-refractivity contribution in [1.82, 2.24) is 10.6 Å². The lowest BCUT2D eigenvalue weighted by Crippen LogP contribution is -2.46. The largest absolute Gasteiger partial charge is 0.315 e. The third kappa shape index (κ3) is 2.94. The van der Waals surface area contributed by atoms with Crippen LogP contribution in [-0.2, 0) is 0 Å². The lowest BCUT2D eigenvalue weighted by molar-refractivity contribution is 0.194. The predicted molar refractivity (Wildman–Crippen MR) is 65.0 cm³/mol. The first-order chi connectivity index (χ1) is 7.27. The van der Waals surface area contributed by atoms with E-state index in [2.05, 4.69) is 24.5 Å². The highest BCUT2D eigenvalue weighted by atomic mass is 15.0. The summed E-state index contributed by atoms with van der Waals surface area (Å²) in [6.45, 7) is 7.16. The van der Waals surface area contributed by atoms with Crippen LogP contribution in [0.15, 0.2) is 0 Å². The highest BCUT2D eigenvalue weighted by Gasteiger charge is 2.29.